The predicted molar refractivity (Wildman–Crippen MR) is 80.3 cm³/mol. The maximum Gasteiger partial charge on any atom is 0.243 e. The number of hydrogen-bond acceptors (Lipinski definition) is 3. The van der Waals surface area contributed by atoms with E-state index in [4.69, 9.17) is 4.74 Å². The Balaban J connectivity index is 2.06. The number of nitrogens with one attached hydrogen (secondary N) is 2. The molecule has 0 spiro atoms. The topological polar surface area (TPSA) is 67.4 Å². The Bertz CT molecular complexity index is 626. The molecular weight excluding hydrogens is 268 g/mol. The lowest BCUT2D eigenvalue weighted by Crippen LogP contribution is -2.31. The number of benzene rings is 2. The van der Waals surface area contributed by atoms with Crippen molar-refractivity contribution in [3.63, 3.8) is 0 Å². The third kappa shape index (κ3) is 4.65. The second-order valence-corrected chi connectivity index (χ2v) is 4.37. The molecule has 5 heteroatoms. The van der Waals surface area contributed by atoms with E-state index >= 15 is 0 Å². The number of hydrogen-bond donors (Lipinski definition) is 2. The lowest BCUT2D eigenvalue weighted by molar-refractivity contribution is -0.122. The molecular formula is C16H16N2O3. The number of ether oxygens (including phenoxy) is 1. The Kier molecular flexibility index (Phi) is 4.93. The highest BCUT2D eigenvalue weighted by molar-refractivity contribution is 5.95. The first-order valence-corrected chi connectivity index (χ1v) is 6.51. The van der Waals surface area contributed by atoms with Crippen LogP contribution in [0.1, 0.15) is 6.92 Å². The van der Waals surface area contributed by atoms with E-state index in [-0.39, 0.29) is 18.4 Å². The second-order valence-electron chi connectivity index (χ2n) is 4.37. The van der Waals surface area contributed by atoms with Crippen molar-refractivity contribution in [3.8, 4) is 11.5 Å². The molecule has 2 aromatic rings. The number of amides is 2. The van der Waals surface area contributed by atoms with Gasteiger partial charge in [-0.3, -0.25) is 9.59 Å². The van der Waals surface area contributed by atoms with Crippen LogP contribution in [0.3, 0.4) is 0 Å². The summed E-state index contributed by atoms with van der Waals surface area (Å²) in [5.74, 6) is 0.661. The molecule has 0 fully saturated rings. The van der Waals surface area contributed by atoms with Gasteiger partial charge in [0.1, 0.15) is 5.75 Å². The lowest BCUT2D eigenvalue weighted by atomic mass is 10.3. The van der Waals surface area contributed by atoms with Crippen molar-refractivity contribution in [2.24, 2.45) is 0 Å². The van der Waals surface area contributed by atoms with Crippen LogP contribution in [0, 0.1) is 0 Å². The molecule has 0 aliphatic heterocycles. The predicted octanol–water partition coefficient (Wildman–Crippen LogP) is 2.55. The van der Waals surface area contributed by atoms with E-state index in [1.54, 1.807) is 18.2 Å². The molecule has 0 aliphatic rings. The molecule has 0 saturated heterocycles. The van der Waals surface area contributed by atoms with Gasteiger partial charge in [-0.05, 0) is 24.3 Å². The van der Waals surface area contributed by atoms with Gasteiger partial charge >= 0.3 is 0 Å². The zero-order chi connectivity index (χ0) is 15.1. The van der Waals surface area contributed by atoms with Crippen molar-refractivity contribution in [1.29, 1.82) is 0 Å². The van der Waals surface area contributed by atoms with Gasteiger partial charge in [0.2, 0.25) is 11.8 Å². The fourth-order valence-electron chi connectivity index (χ4n) is 1.67. The summed E-state index contributed by atoms with van der Waals surface area (Å²) in [6.45, 7) is 1.29. The van der Waals surface area contributed by atoms with Crippen molar-refractivity contribution >= 4 is 17.5 Å². The first-order valence-electron chi connectivity index (χ1n) is 6.51. The van der Waals surface area contributed by atoms with Gasteiger partial charge in [-0.25, -0.2) is 0 Å². The standard InChI is InChI=1S/C16H16N2O3/c1-12(19)17-11-16(20)18-14-9-5-6-10-15(14)21-13-7-3-2-4-8-13/h2-10H,11H2,1H3,(H,17,19)(H,18,20). The van der Waals surface area contributed by atoms with E-state index in [2.05, 4.69) is 10.6 Å². The molecule has 2 aromatic carbocycles. The van der Waals surface area contributed by atoms with Crippen molar-refractivity contribution in [1.82, 2.24) is 5.32 Å². The summed E-state index contributed by atoms with van der Waals surface area (Å²) in [7, 11) is 0. The molecule has 0 atom stereocenters. The van der Waals surface area contributed by atoms with Gasteiger partial charge in [-0.15, -0.1) is 0 Å². The van der Waals surface area contributed by atoms with Crippen LogP contribution in [-0.4, -0.2) is 18.4 Å². The lowest BCUT2D eigenvalue weighted by Gasteiger charge is -2.12. The van der Waals surface area contributed by atoms with Crippen molar-refractivity contribution in [3.05, 3.63) is 54.6 Å². The summed E-state index contributed by atoms with van der Waals surface area (Å²) < 4.78 is 5.73. The van der Waals surface area contributed by atoms with E-state index in [1.807, 2.05) is 36.4 Å². The van der Waals surface area contributed by atoms with Gasteiger partial charge < -0.3 is 15.4 Å². The molecule has 0 bridgehead atoms. The van der Waals surface area contributed by atoms with Crippen molar-refractivity contribution < 1.29 is 14.3 Å². The highest BCUT2D eigenvalue weighted by Gasteiger charge is 2.08. The third-order valence-electron chi connectivity index (χ3n) is 2.63. The minimum absolute atomic E-state index is 0.0744. The van der Waals surface area contributed by atoms with Crippen LogP contribution >= 0.6 is 0 Å². The van der Waals surface area contributed by atoms with Gasteiger partial charge in [-0.1, -0.05) is 30.3 Å². The zero-order valence-electron chi connectivity index (χ0n) is 11.6. The molecule has 0 saturated carbocycles. The molecule has 0 radical (unpaired) electrons. The first kappa shape index (κ1) is 14.6. The Morgan fingerprint density at radius 3 is 2.38 bits per heavy atom. The number of anilines is 1. The number of rotatable bonds is 5. The summed E-state index contributed by atoms with van der Waals surface area (Å²) in [6.07, 6.45) is 0. The molecule has 0 aromatic heterocycles. The number of para-hydroxylation sites is 3. The number of carbonyl (C=O) groups excluding carboxylic acids is 2. The third-order valence-corrected chi connectivity index (χ3v) is 2.63. The van der Waals surface area contributed by atoms with Crippen LogP contribution in [0.2, 0.25) is 0 Å². The molecule has 0 aliphatic carbocycles. The highest BCUT2D eigenvalue weighted by atomic mass is 16.5. The maximum atomic E-state index is 11.7. The molecule has 0 unspecified atom stereocenters. The van der Waals surface area contributed by atoms with Crippen molar-refractivity contribution in [2.75, 3.05) is 11.9 Å². The van der Waals surface area contributed by atoms with Crippen LogP contribution < -0.4 is 15.4 Å². The average molecular weight is 284 g/mol. The molecule has 108 valence electrons. The normalized spacial score (nSPS) is 9.76. The fraction of sp³-hybridized carbons (Fsp3) is 0.125. The fourth-order valence-corrected chi connectivity index (χ4v) is 1.67. The van der Waals surface area contributed by atoms with Crippen LogP contribution in [0.4, 0.5) is 5.69 Å². The molecule has 21 heavy (non-hydrogen) atoms. The van der Waals surface area contributed by atoms with Crippen LogP contribution in [-0.2, 0) is 9.59 Å². The van der Waals surface area contributed by atoms with Gasteiger partial charge in [-0.2, -0.15) is 0 Å². The molecule has 2 amide bonds. The van der Waals surface area contributed by atoms with Crippen LogP contribution in [0.25, 0.3) is 0 Å². The van der Waals surface area contributed by atoms with Gasteiger partial charge in [0.05, 0.1) is 12.2 Å². The first-order chi connectivity index (χ1) is 10.1. The van der Waals surface area contributed by atoms with Crippen LogP contribution in [0.5, 0.6) is 11.5 Å². The number of carbonyl (C=O) groups is 2. The molecule has 2 N–H and O–H groups in total. The summed E-state index contributed by atoms with van der Waals surface area (Å²) >= 11 is 0. The van der Waals surface area contributed by atoms with Crippen LogP contribution in [0.15, 0.2) is 54.6 Å². The van der Waals surface area contributed by atoms with Gasteiger partial charge in [0.25, 0.3) is 0 Å². The molecule has 2 rings (SSSR count). The Hall–Kier alpha value is -2.82. The summed E-state index contributed by atoms with van der Waals surface area (Å²) in [5.41, 5.74) is 0.553. The summed E-state index contributed by atoms with van der Waals surface area (Å²) in [6, 6.07) is 16.4. The highest BCUT2D eigenvalue weighted by Crippen LogP contribution is 2.28. The molecule has 5 nitrogen and oxygen atoms in total. The Morgan fingerprint density at radius 2 is 1.67 bits per heavy atom. The van der Waals surface area contributed by atoms with E-state index in [0.717, 1.165) is 0 Å². The van der Waals surface area contributed by atoms with Gasteiger partial charge in [0, 0.05) is 6.92 Å². The van der Waals surface area contributed by atoms with Crippen molar-refractivity contribution in [2.45, 2.75) is 6.92 Å². The Morgan fingerprint density at radius 1 is 1.00 bits per heavy atom. The quantitative estimate of drug-likeness (QED) is 0.886. The average Bonchev–Trinajstić information content (AvgIpc) is 2.48. The zero-order valence-corrected chi connectivity index (χ0v) is 11.6. The van der Waals surface area contributed by atoms with E-state index in [0.29, 0.717) is 17.2 Å². The second kappa shape index (κ2) is 7.09. The summed E-state index contributed by atoms with van der Waals surface area (Å²) in [4.78, 5) is 22.5. The monoisotopic (exact) mass is 284 g/mol. The minimum atomic E-state index is -0.311. The summed E-state index contributed by atoms with van der Waals surface area (Å²) in [5, 5.41) is 5.15. The van der Waals surface area contributed by atoms with Gasteiger partial charge in [0.15, 0.2) is 5.75 Å². The van der Waals surface area contributed by atoms with E-state index in [1.165, 1.54) is 6.92 Å². The van der Waals surface area contributed by atoms with E-state index in [9.17, 15) is 9.59 Å². The largest absolute Gasteiger partial charge is 0.455 e. The SMILES string of the molecule is CC(=O)NCC(=O)Nc1ccccc1Oc1ccccc1. The smallest absolute Gasteiger partial charge is 0.243 e. The minimum Gasteiger partial charge on any atom is -0.455 e. The molecule has 0 heterocycles. The van der Waals surface area contributed by atoms with E-state index < -0.39 is 0 Å². The maximum absolute atomic E-state index is 11.7. The Labute approximate surface area is 122 Å².